The highest BCUT2D eigenvalue weighted by Crippen LogP contribution is 2.24. The lowest BCUT2D eigenvalue weighted by Crippen LogP contribution is -2.11. The molecule has 0 spiro atoms. The van der Waals surface area contributed by atoms with Crippen LogP contribution < -0.4 is 5.32 Å². The Labute approximate surface area is 171 Å². The molecule has 3 aromatic heterocycles. The Morgan fingerprint density at radius 2 is 1.62 bits per heavy atom. The Bertz CT molecular complexity index is 1310. The number of para-hydroxylation sites is 1. The minimum atomic E-state index is 0.420. The zero-order chi connectivity index (χ0) is 19.6. The zero-order valence-electron chi connectivity index (χ0n) is 15.4. The van der Waals surface area contributed by atoms with Crippen molar-refractivity contribution in [2.45, 2.75) is 6.67 Å². The first-order valence-corrected chi connectivity index (χ1v) is 9.55. The van der Waals surface area contributed by atoms with E-state index in [9.17, 15) is 0 Å². The fraction of sp³-hybridized carbons (Fsp3) is 0.0476. The van der Waals surface area contributed by atoms with Crippen molar-refractivity contribution in [2.24, 2.45) is 0 Å². The number of nitrogens with zero attached hydrogens (tertiary/aromatic N) is 6. The van der Waals surface area contributed by atoms with Crippen LogP contribution in [0, 0.1) is 4.77 Å². The van der Waals surface area contributed by atoms with Crippen molar-refractivity contribution in [3.63, 3.8) is 0 Å². The van der Waals surface area contributed by atoms with E-state index in [0.717, 1.165) is 22.8 Å². The van der Waals surface area contributed by atoms with Crippen LogP contribution in [0.25, 0.3) is 22.9 Å². The fourth-order valence-electron chi connectivity index (χ4n) is 3.17. The van der Waals surface area contributed by atoms with E-state index in [4.69, 9.17) is 22.4 Å². The first-order chi connectivity index (χ1) is 14.3. The summed E-state index contributed by atoms with van der Waals surface area (Å²) in [4.78, 5) is 4.11. The average Bonchev–Trinajstić information content (AvgIpc) is 3.31. The maximum Gasteiger partial charge on any atom is 0.257 e. The molecule has 7 nitrogen and oxygen atoms in total. The molecule has 0 amide bonds. The molecule has 0 radical (unpaired) electrons. The van der Waals surface area contributed by atoms with Crippen LogP contribution in [0.1, 0.15) is 0 Å². The Kier molecular flexibility index (Phi) is 4.38. The number of hydrogen-bond donors (Lipinski definition) is 1. The molecule has 2 aromatic carbocycles. The summed E-state index contributed by atoms with van der Waals surface area (Å²) in [6.45, 7) is 0.420. The molecule has 0 aliphatic heterocycles. The number of hydrogen-bond acceptors (Lipinski definition) is 5. The lowest BCUT2D eigenvalue weighted by atomic mass is 10.2. The van der Waals surface area contributed by atoms with Gasteiger partial charge in [-0.15, -0.1) is 10.2 Å². The second kappa shape index (κ2) is 7.33. The third kappa shape index (κ3) is 3.19. The van der Waals surface area contributed by atoms with Crippen LogP contribution in [-0.4, -0.2) is 28.9 Å². The number of anilines is 1. The van der Waals surface area contributed by atoms with Crippen LogP contribution in [0.3, 0.4) is 0 Å². The van der Waals surface area contributed by atoms with Gasteiger partial charge in [0.1, 0.15) is 6.67 Å². The molecule has 0 fully saturated rings. The topological polar surface area (TPSA) is 65.0 Å². The molecule has 29 heavy (non-hydrogen) atoms. The Hall–Kier alpha value is -3.78. The summed E-state index contributed by atoms with van der Waals surface area (Å²) in [7, 11) is 0. The summed E-state index contributed by atoms with van der Waals surface area (Å²) in [5.41, 5.74) is 2.87. The molecule has 1 N–H and O–H groups in total. The van der Waals surface area contributed by atoms with E-state index in [0.29, 0.717) is 17.2 Å². The monoisotopic (exact) mass is 399 g/mol. The van der Waals surface area contributed by atoms with Gasteiger partial charge >= 0.3 is 0 Å². The molecular formula is C21H17N7S. The summed E-state index contributed by atoms with van der Waals surface area (Å²) in [5, 5.41) is 12.8. The van der Waals surface area contributed by atoms with Gasteiger partial charge < -0.3 is 5.32 Å². The summed E-state index contributed by atoms with van der Waals surface area (Å²) in [6.07, 6.45) is 3.49. The van der Waals surface area contributed by atoms with Crippen molar-refractivity contribution in [1.82, 2.24) is 28.9 Å². The summed E-state index contributed by atoms with van der Waals surface area (Å²) < 4.78 is 5.96. The SMILES string of the molecule is S=c1n(CNc2cccnc2)nc2n(-c3ccccc3)c(-c3ccccc3)nn12. The minimum Gasteiger partial charge on any atom is -0.365 e. The molecule has 5 aromatic rings. The van der Waals surface area contributed by atoms with Gasteiger partial charge in [0.05, 0.1) is 11.4 Å². The number of pyridine rings is 1. The highest BCUT2D eigenvalue weighted by atomic mass is 32.1. The van der Waals surface area contributed by atoms with Gasteiger partial charge in [-0.1, -0.05) is 48.5 Å². The zero-order valence-corrected chi connectivity index (χ0v) is 16.2. The number of benzene rings is 2. The summed E-state index contributed by atoms with van der Waals surface area (Å²) >= 11 is 5.65. The van der Waals surface area contributed by atoms with Gasteiger partial charge in [0.15, 0.2) is 5.82 Å². The molecule has 0 atom stereocenters. The molecular weight excluding hydrogens is 382 g/mol. The van der Waals surface area contributed by atoms with Crippen molar-refractivity contribution >= 4 is 23.7 Å². The third-order valence-corrected chi connectivity index (χ3v) is 4.93. The van der Waals surface area contributed by atoms with Gasteiger partial charge in [-0.25, -0.2) is 4.68 Å². The minimum absolute atomic E-state index is 0.420. The molecule has 142 valence electrons. The van der Waals surface area contributed by atoms with E-state index in [1.54, 1.807) is 21.6 Å². The predicted molar refractivity (Wildman–Crippen MR) is 114 cm³/mol. The normalized spacial score (nSPS) is 11.0. The highest BCUT2D eigenvalue weighted by molar-refractivity contribution is 7.71. The Morgan fingerprint density at radius 3 is 2.34 bits per heavy atom. The summed E-state index contributed by atoms with van der Waals surface area (Å²) in [6, 6.07) is 23.9. The van der Waals surface area contributed by atoms with Crippen LogP contribution in [-0.2, 0) is 6.67 Å². The second-order valence-electron chi connectivity index (χ2n) is 6.43. The van der Waals surface area contributed by atoms with E-state index in [-0.39, 0.29) is 0 Å². The van der Waals surface area contributed by atoms with E-state index >= 15 is 0 Å². The van der Waals surface area contributed by atoms with Gasteiger partial charge in [0.2, 0.25) is 4.77 Å². The molecule has 0 saturated heterocycles. The van der Waals surface area contributed by atoms with Gasteiger partial charge in [0.25, 0.3) is 5.78 Å². The first kappa shape index (κ1) is 17.3. The van der Waals surface area contributed by atoms with Gasteiger partial charge in [-0.3, -0.25) is 9.55 Å². The number of nitrogens with one attached hydrogen (secondary N) is 1. The number of rotatable bonds is 5. The molecule has 0 bridgehead atoms. The predicted octanol–water partition coefficient (Wildman–Crippen LogP) is 4.18. The standard InChI is InChI=1S/C21H17N7S/c29-21-26(15-23-17-10-7-13-22-14-17)25-20-27(18-11-5-2-6-12-18)19(24-28(20)21)16-8-3-1-4-9-16/h1-14,23H,15H2. The lowest BCUT2D eigenvalue weighted by molar-refractivity contribution is 0.651. The molecule has 0 aliphatic rings. The average molecular weight is 399 g/mol. The molecule has 3 heterocycles. The van der Waals surface area contributed by atoms with E-state index < -0.39 is 0 Å². The quantitative estimate of drug-likeness (QED) is 0.449. The van der Waals surface area contributed by atoms with Crippen LogP contribution in [0.5, 0.6) is 0 Å². The Balaban J connectivity index is 1.63. The van der Waals surface area contributed by atoms with Crippen molar-refractivity contribution in [3.05, 3.63) is 90.0 Å². The molecule has 0 aliphatic carbocycles. The van der Waals surface area contributed by atoms with Gasteiger partial charge in [-0.05, 0) is 36.5 Å². The van der Waals surface area contributed by atoms with Gasteiger partial charge in [-0.2, -0.15) is 4.52 Å². The van der Waals surface area contributed by atoms with Crippen LogP contribution in [0.15, 0.2) is 85.2 Å². The van der Waals surface area contributed by atoms with E-state index in [1.807, 2.05) is 77.4 Å². The van der Waals surface area contributed by atoms with E-state index in [2.05, 4.69) is 10.3 Å². The van der Waals surface area contributed by atoms with Crippen molar-refractivity contribution in [1.29, 1.82) is 0 Å². The third-order valence-electron chi connectivity index (χ3n) is 4.55. The first-order valence-electron chi connectivity index (χ1n) is 9.14. The smallest absolute Gasteiger partial charge is 0.257 e. The molecule has 0 unspecified atom stereocenters. The van der Waals surface area contributed by atoms with E-state index in [1.165, 1.54) is 0 Å². The fourth-order valence-corrected chi connectivity index (χ4v) is 3.40. The van der Waals surface area contributed by atoms with Crippen LogP contribution in [0.2, 0.25) is 0 Å². The molecule has 8 heteroatoms. The van der Waals surface area contributed by atoms with Crippen molar-refractivity contribution in [3.8, 4) is 17.1 Å². The lowest BCUT2D eigenvalue weighted by Gasteiger charge is -2.08. The highest BCUT2D eigenvalue weighted by Gasteiger charge is 2.18. The second-order valence-corrected chi connectivity index (χ2v) is 6.80. The largest absolute Gasteiger partial charge is 0.365 e. The molecule has 0 saturated carbocycles. The maximum absolute atomic E-state index is 5.65. The van der Waals surface area contributed by atoms with Crippen molar-refractivity contribution in [2.75, 3.05) is 5.32 Å². The van der Waals surface area contributed by atoms with Crippen LogP contribution in [0.4, 0.5) is 5.69 Å². The molecule has 5 rings (SSSR count). The Morgan fingerprint density at radius 1 is 0.862 bits per heavy atom. The number of aromatic nitrogens is 6. The number of fused-ring (bicyclic) bond motifs is 1. The van der Waals surface area contributed by atoms with Crippen molar-refractivity contribution < 1.29 is 0 Å². The summed E-state index contributed by atoms with van der Waals surface area (Å²) in [5.74, 6) is 1.45. The van der Waals surface area contributed by atoms with Crippen LogP contribution >= 0.6 is 12.2 Å². The van der Waals surface area contributed by atoms with Gasteiger partial charge in [0, 0.05) is 18.0 Å². The maximum atomic E-state index is 5.65.